The third-order valence-electron chi connectivity index (χ3n) is 9.75. The Morgan fingerprint density at radius 2 is 1.10 bits per heavy atom. The lowest BCUT2D eigenvalue weighted by molar-refractivity contribution is 0.669. The minimum atomic E-state index is 0.547. The number of fused-ring (bicyclic) bond motifs is 10. The lowest BCUT2D eigenvalue weighted by Gasteiger charge is -2.14. The topological polar surface area (TPSA) is 70.6 Å². The van der Waals surface area contributed by atoms with E-state index in [4.69, 9.17) is 4.42 Å². The van der Waals surface area contributed by atoms with Gasteiger partial charge in [0.05, 0.1) is 50.3 Å². The van der Waals surface area contributed by atoms with Crippen molar-refractivity contribution in [3.8, 4) is 34.6 Å². The van der Waals surface area contributed by atoms with Gasteiger partial charge in [-0.05, 0) is 77.9 Å². The molecule has 0 aliphatic heterocycles. The summed E-state index contributed by atoms with van der Waals surface area (Å²) in [7, 11) is 0. The first kappa shape index (κ1) is 27.1. The average Bonchev–Trinajstić information content (AvgIpc) is 3.82. The summed E-state index contributed by atoms with van der Waals surface area (Å²) in [6.45, 7) is 0. The number of para-hydroxylation sites is 4. The molecule has 0 aliphatic rings. The van der Waals surface area contributed by atoms with Crippen LogP contribution in [0.1, 0.15) is 11.1 Å². The van der Waals surface area contributed by atoms with Gasteiger partial charge in [-0.2, -0.15) is 10.5 Å². The molecule has 0 amide bonds. The Bertz CT molecular complexity index is 3030. The zero-order chi connectivity index (χ0) is 32.6. The Balaban J connectivity index is 1.26. The highest BCUT2D eigenvalue weighted by molar-refractivity contribution is 6.24. The number of aromatic nitrogens is 2. The third kappa shape index (κ3) is 3.85. The molecule has 0 N–H and O–H groups in total. The van der Waals surface area contributed by atoms with Crippen LogP contribution in [0.25, 0.3) is 88.1 Å². The van der Waals surface area contributed by atoms with Crippen LogP contribution in [0.3, 0.4) is 0 Å². The van der Waals surface area contributed by atoms with Crippen molar-refractivity contribution in [2.75, 3.05) is 0 Å². The van der Waals surface area contributed by atoms with E-state index in [2.05, 4.69) is 100 Å². The third-order valence-corrected chi connectivity index (χ3v) is 9.75. The van der Waals surface area contributed by atoms with Gasteiger partial charge in [0.25, 0.3) is 0 Å². The number of hydrogen-bond acceptors (Lipinski definition) is 3. The Kier molecular flexibility index (Phi) is 5.64. The van der Waals surface area contributed by atoms with Crippen molar-refractivity contribution in [3.63, 3.8) is 0 Å². The maximum atomic E-state index is 10.3. The highest BCUT2D eigenvalue weighted by Gasteiger charge is 2.20. The number of benzene rings is 7. The molecule has 0 unspecified atom stereocenters. The minimum absolute atomic E-state index is 0.547. The van der Waals surface area contributed by atoms with Crippen LogP contribution >= 0.6 is 0 Å². The smallest absolute Gasteiger partial charge is 0.137 e. The number of rotatable bonds is 3. The molecule has 10 aromatic rings. The number of hydrogen-bond donors (Lipinski definition) is 0. The van der Waals surface area contributed by atoms with E-state index >= 15 is 0 Å². The van der Waals surface area contributed by atoms with E-state index in [0.717, 1.165) is 88.1 Å². The minimum Gasteiger partial charge on any atom is -0.456 e. The Labute approximate surface area is 280 Å². The van der Waals surface area contributed by atoms with Gasteiger partial charge in [0.1, 0.15) is 17.2 Å². The molecule has 0 aliphatic carbocycles. The molecule has 0 radical (unpaired) electrons. The summed E-state index contributed by atoms with van der Waals surface area (Å²) in [5.41, 5.74) is 10.4. The highest BCUT2D eigenvalue weighted by Crippen LogP contribution is 2.42. The van der Waals surface area contributed by atoms with Crippen LogP contribution in [0.5, 0.6) is 0 Å². The van der Waals surface area contributed by atoms with Crippen molar-refractivity contribution in [3.05, 3.63) is 157 Å². The summed E-state index contributed by atoms with van der Waals surface area (Å²) in [6, 6.07) is 54.1. The molecular weight excluding hydrogens is 601 g/mol. The summed E-state index contributed by atoms with van der Waals surface area (Å²) in [4.78, 5) is 0. The van der Waals surface area contributed by atoms with Crippen LogP contribution in [0.4, 0.5) is 0 Å². The molecule has 0 spiro atoms. The van der Waals surface area contributed by atoms with Crippen LogP contribution in [0, 0.1) is 22.7 Å². The first-order valence-corrected chi connectivity index (χ1v) is 16.1. The largest absolute Gasteiger partial charge is 0.456 e. The van der Waals surface area contributed by atoms with Crippen LogP contribution in [-0.4, -0.2) is 9.13 Å². The molecule has 0 saturated heterocycles. The predicted molar refractivity (Wildman–Crippen MR) is 197 cm³/mol. The van der Waals surface area contributed by atoms with Crippen LogP contribution in [-0.2, 0) is 0 Å². The number of nitriles is 2. The maximum absolute atomic E-state index is 10.3. The fraction of sp³-hybridized carbons (Fsp3) is 0. The van der Waals surface area contributed by atoms with Gasteiger partial charge in [-0.3, -0.25) is 0 Å². The van der Waals surface area contributed by atoms with Crippen LogP contribution < -0.4 is 0 Å². The van der Waals surface area contributed by atoms with Crippen molar-refractivity contribution in [1.29, 1.82) is 10.5 Å². The van der Waals surface area contributed by atoms with Gasteiger partial charge in [-0.15, -0.1) is 0 Å². The van der Waals surface area contributed by atoms with Gasteiger partial charge >= 0.3 is 0 Å². The van der Waals surface area contributed by atoms with Gasteiger partial charge in [0.15, 0.2) is 0 Å². The summed E-state index contributed by atoms with van der Waals surface area (Å²) < 4.78 is 10.8. The molecule has 5 heteroatoms. The molecule has 0 saturated carbocycles. The fourth-order valence-electron chi connectivity index (χ4n) is 7.68. The van der Waals surface area contributed by atoms with E-state index < -0.39 is 0 Å². The summed E-state index contributed by atoms with van der Waals surface area (Å²) in [5.74, 6) is 0. The average molecular weight is 625 g/mol. The van der Waals surface area contributed by atoms with Crippen molar-refractivity contribution in [1.82, 2.24) is 9.13 Å². The highest BCUT2D eigenvalue weighted by atomic mass is 16.3. The Morgan fingerprint density at radius 1 is 0.469 bits per heavy atom. The van der Waals surface area contributed by atoms with Gasteiger partial charge < -0.3 is 13.6 Å². The zero-order valence-corrected chi connectivity index (χ0v) is 26.1. The van der Waals surface area contributed by atoms with E-state index in [1.807, 2.05) is 66.7 Å². The van der Waals surface area contributed by atoms with E-state index in [9.17, 15) is 10.5 Å². The second-order valence-electron chi connectivity index (χ2n) is 12.4. The van der Waals surface area contributed by atoms with Gasteiger partial charge in [0.2, 0.25) is 0 Å². The Hall–Kier alpha value is -7.08. The van der Waals surface area contributed by atoms with Crippen molar-refractivity contribution < 1.29 is 4.42 Å². The quantitative estimate of drug-likeness (QED) is 0.196. The maximum Gasteiger partial charge on any atom is 0.137 e. The molecule has 0 fully saturated rings. The van der Waals surface area contributed by atoms with E-state index in [0.29, 0.717) is 11.1 Å². The predicted octanol–water partition coefficient (Wildman–Crippen LogP) is 11.2. The SMILES string of the molecule is N#Cc1cc(-c2ccc(C#N)c(-n3c4ccccc4c4ccccc43)c2)cc(-n2c3ccccc3c3ccc4oc5ccccc5c4c32)c1. The van der Waals surface area contributed by atoms with Gasteiger partial charge in [-0.25, -0.2) is 0 Å². The van der Waals surface area contributed by atoms with Crippen molar-refractivity contribution in [2.24, 2.45) is 0 Å². The molecular formula is C44H24N4O. The molecule has 5 nitrogen and oxygen atoms in total. The summed E-state index contributed by atoms with van der Waals surface area (Å²) in [5, 5.41) is 27.2. The lowest BCUT2D eigenvalue weighted by atomic mass is 9.99. The number of furan rings is 1. The van der Waals surface area contributed by atoms with Crippen molar-refractivity contribution in [2.45, 2.75) is 0 Å². The van der Waals surface area contributed by atoms with E-state index in [1.54, 1.807) is 0 Å². The fourth-order valence-corrected chi connectivity index (χ4v) is 7.68. The summed E-state index contributed by atoms with van der Waals surface area (Å²) >= 11 is 0. The normalized spacial score (nSPS) is 11.6. The first-order valence-electron chi connectivity index (χ1n) is 16.1. The molecule has 10 rings (SSSR count). The number of nitrogens with zero attached hydrogens (tertiary/aromatic N) is 4. The van der Waals surface area contributed by atoms with Crippen molar-refractivity contribution >= 4 is 65.6 Å². The molecule has 0 bridgehead atoms. The van der Waals surface area contributed by atoms with Gasteiger partial charge in [-0.1, -0.05) is 78.9 Å². The molecule has 226 valence electrons. The standard InChI is InChI=1S/C44H24N4O/c45-25-27-21-30(28-17-18-29(26-46)40(24-28)48-38-14-6-1-9-32(38)33-10-2-7-15-39(33)48)23-31(22-27)47-37-13-5-3-11-34(37)35-19-20-42-43(44(35)47)36-12-4-8-16-41(36)49-42/h1-24H. The molecule has 7 aromatic carbocycles. The van der Waals surface area contributed by atoms with Crippen LogP contribution in [0.2, 0.25) is 0 Å². The summed E-state index contributed by atoms with van der Waals surface area (Å²) in [6.07, 6.45) is 0. The molecule has 0 atom stereocenters. The van der Waals surface area contributed by atoms with E-state index in [1.165, 1.54) is 0 Å². The molecule has 3 heterocycles. The first-order chi connectivity index (χ1) is 24.2. The van der Waals surface area contributed by atoms with Gasteiger partial charge in [0, 0.05) is 32.6 Å². The second kappa shape index (κ2) is 10.2. The lowest BCUT2D eigenvalue weighted by Crippen LogP contribution is -1.99. The molecule has 49 heavy (non-hydrogen) atoms. The van der Waals surface area contributed by atoms with E-state index in [-0.39, 0.29) is 0 Å². The monoisotopic (exact) mass is 624 g/mol. The Morgan fingerprint density at radius 3 is 1.80 bits per heavy atom. The molecule has 3 aromatic heterocycles. The zero-order valence-electron chi connectivity index (χ0n) is 26.1. The second-order valence-corrected chi connectivity index (χ2v) is 12.4. The van der Waals surface area contributed by atoms with Crippen LogP contribution in [0.15, 0.2) is 150 Å².